The SMILES string of the molecule is N=C1CC(N2CCC3CNCC3C2)CO[C@@H]1c1cc(F)ccc1F. The van der Waals surface area contributed by atoms with Gasteiger partial charge in [0.15, 0.2) is 0 Å². The van der Waals surface area contributed by atoms with Gasteiger partial charge in [0.1, 0.15) is 17.7 Å². The zero-order valence-corrected chi connectivity index (χ0v) is 13.6. The van der Waals surface area contributed by atoms with Gasteiger partial charge in [0, 0.05) is 30.3 Å². The van der Waals surface area contributed by atoms with Gasteiger partial charge in [0.05, 0.1) is 6.61 Å². The molecule has 4 rings (SSSR count). The van der Waals surface area contributed by atoms with Crippen LogP contribution in [0.15, 0.2) is 18.2 Å². The first-order valence-corrected chi connectivity index (χ1v) is 8.70. The Morgan fingerprint density at radius 1 is 1.21 bits per heavy atom. The highest BCUT2D eigenvalue weighted by atomic mass is 19.1. The summed E-state index contributed by atoms with van der Waals surface area (Å²) in [5.74, 6) is 0.453. The summed E-state index contributed by atoms with van der Waals surface area (Å²) in [5.41, 5.74) is 0.472. The molecule has 0 spiro atoms. The number of benzene rings is 1. The lowest BCUT2D eigenvalue weighted by Gasteiger charge is -2.42. The summed E-state index contributed by atoms with van der Waals surface area (Å²) < 4.78 is 33.2. The standard InChI is InChI=1S/C18H23F2N3O/c19-13-1-2-16(20)15(5-13)18-17(21)6-14(10-24-18)23-4-3-11-7-22-8-12(11)9-23/h1-2,5,11-12,14,18,21-22H,3-4,6-10H2/t11?,12?,14?,18-/m1/s1. The predicted molar refractivity (Wildman–Crippen MR) is 87.2 cm³/mol. The smallest absolute Gasteiger partial charge is 0.129 e. The molecule has 130 valence electrons. The summed E-state index contributed by atoms with van der Waals surface area (Å²) >= 11 is 0. The molecule has 3 unspecified atom stereocenters. The van der Waals surface area contributed by atoms with Gasteiger partial charge in [-0.2, -0.15) is 0 Å². The molecule has 3 aliphatic heterocycles. The van der Waals surface area contributed by atoms with E-state index < -0.39 is 17.7 Å². The summed E-state index contributed by atoms with van der Waals surface area (Å²) in [7, 11) is 0. The van der Waals surface area contributed by atoms with Crippen LogP contribution in [0.2, 0.25) is 0 Å². The van der Waals surface area contributed by atoms with Crippen LogP contribution in [-0.4, -0.2) is 49.4 Å². The van der Waals surface area contributed by atoms with Crippen LogP contribution in [0.25, 0.3) is 0 Å². The number of nitrogens with zero attached hydrogens (tertiary/aromatic N) is 1. The molecule has 1 aromatic rings. The number of nitrogens with one attached hydrogen (secondary N) is 2. The molecule has 1 aromatic carbocycles. The Morgan fingerprint density at radius 2 is 2.04 bits per heavy atom. The first kappa shape index (κ1) is 16.1. The van der Waals surface area contributed by atoms with E-state index in [9.17, 15) is 8.78 Å². The molecular formula is C18H23F2N3O. The normalized spacial score (nSPS) is 34.3. The first-order chi connectivity index (χ1) is 11.6. The van der Waals surface area contributed by atoms with Crippen molar-refractivity contribution in [3.8, 4) is 0 Å². The van der Waals surface area contributed by atoms with Crippen LogP contribution < -0.4 is 5.32 Å². The van der Waals surface area contributed by atoms with Gasteiger partial charge < -0.3 is 15.5 Å². The van der Waals surface area contributed by atoms with Crippen LogP contribution in [0, 0.1) is 28.9 Å². The quantitative estimate of drug-likeness (QED) is 0.872. The molecule has 0 saturated carbocycles. The second-order valence-electron chi connectivity index (χ2n) is 7.22. The molecular weight excluding hydrogens is 312 g/mol. The Hall–Kier alpha value is -1.37. The highest BCUT2D eigenvalue weighted by Crippen LogP contribution is 2.33. The van der Waals surface area contributed by atoms with Crippen molar-refractivity contribution in [1.82, 2.24) is 10.2 Å². The molecule has 2 N–H and O–H groups in total. The van der Waals surface area contributed by atoms with E-state index in [2.05, 4.69) is 10.2 Å². The van der Waals surface area contributed by atoms with E-state index in [1.54, 1.807) is 0 Å². The lowest BCUT2D eigenvalue weighted by molar-refractivity contribution is -0.00121. The number of ether oxygens (including phenoxy) is 1. The van der Waals surface area contributed by atoms with Gasteiger partial charge in [0.2, 0.25) is 0 Å². The summed E-state index contributed by atoms with van der Waals surface area (Å²) in [6, 6.07) is 3.51. The van der Waals surface area contributed by atoms with Gasteiger partial charge in [-0.1, -0.05) is 0 Å². The number of hydrogen-bond donors (Lipinski definition) is 2. The van der Waals surface area contributed by atoms with Crippen molar-refractivity contribution in [3.05, 3.63) is 35.4 Å². The fourth-order valence-corrected chi connectivity index (χ4v) is 4.35. The largest absolute Gasteiger partial charge is 0.366 e. The fourth-order valence-electron chi connectivity index (χ4n) is 4.35. The first-order valence-electron chi connectivity index (χ1n) is 8.70. The number of hydrogen-bond acceptors (Lipinski definition) is 4. The Balaban J connectivity index is 1.43. The second kappa shape index (κ2) is 6.50. The maximum atomic E-state index is 14.0. The number of rotatable bonds is 2. The average Bonchev–Trinajstić information content (AvgIpc) is 3.05. The third-order valence-electron chi connectivity index (χ3n) is 5.72. The van der Waals surface area contributed by atoms with Crippen molar-refractivity contribution in [2.45, 2.75) is 25.0 Å². The molecule has 0 aliphatic carbocycles. The van der Waals surface area contributed by atoms with Gasteiger partial charge in [-0.15, -0.1) is 0 Å². The summed E-state index contributed by atoms with van der Waals surface area (Å²) in [6.45, 7) is 4.73. The van der Waals surface area contributed by atoms with Crippen molar-refractivity contribution in [1.29, 1.82) is 5.41 Å². The van der Waals surface area contributed by atoms with Crippen LogP contribution in [0.5, 0.6) is 0 Å². The van der Waals surface area contributed by atoms with Gasteiger partial charge in [-0.05, 0) is 56.1 Å². The lowest BCUT2D eigenvalue weighted by Crippen LogP contribution is -2.50. The molecule has 3 heterocycles. The van der Waals surface area contributed by atoms with E-state index in [4.69, 9.17) is 10.1 Å². The fraction of sp³-hybridized carbons (Fsp3) is 0.611. The Bertz CT molecular complexity index is 639. The highest BCUT2D eigenvalue weighted by molar-refractivity contribution is 5.88. The van der Waals surface area contributed by atoms with Gasteiger partial charge in [0.25, 0.3) is 0 Å². The zero-order chi connectivity index (χ0) is 16.7. The van der Waals surface area contributed by atoms with E-state index >= 15 is 0 Å². The average molecular weight is 335 g/mol. The number of fused-ring (bicyclic) bond motifs is 1. The molecule has 4 nitrogen and oxygen atoms in total. The van der Waals surface area contributed by atoms with E-state index in [1.807, 2.05) is 0 Å². The van der Waals surface area contributed by atoms with E-state index in [-0.39, 0.29) is 11.6 Å². The van der Waals surface area contributed by atoms with E-state index in [0.29, 0.717) is 24.7 Å². The lowest BCUT2D eigenvalue weighted by atomic mass is 9.86. The molecule has 3 saturated heterocycles. The summed E-state index contributed by atoms with van der Waals surface area (Å²) in [5, 5.41) is 11.8. The number of halogens is 2. The third kappa shape index (κ3) is 2.98. The summed E-state index contributed by atoms with van der Waals surface area (Å²) in [4.78, 5) is 2.42. The predicted octanol–water partition coefficient (Wildman–Crippen LogP) is 2.36. The Morgan fingerprint density at radius 3 is 2.88 bits per heavy atom. The Kier molecular flexibility index (Phi) is 4.37. The number of likely N-dealkylation sites (tertiary alicyclic amines) is 1. The molecule has 0 aromatic heterocycles. The molecule has 3 fully saturated rings. The van der Waals surface area contributed by atoms with E-state index in [0.717, 1.165) is 50.3 Å². The molecule has 3 aliphatic rings. The highest BCUT2D eigenvalue weighted by Gasteiger charge is 2.38. The monoisotopic (exact) mass is 335 g/mol. The van der Waals surface area contributed by atoms with Crippen LogP contribution in [0.1, 0.15) is 24.5 Å². The number of piperidine rings is 1. The minimum Gasteiger partial charge on any atom is -0.366 e. The molecule has 0 bridgehead atoms. The second-order valence-corrected chi connectivity index (χ2v) is 7.22. The molecule has 0 radical (unpaired) electrons. The van der Waals surface area contributed by atoms with Crippen LogP contribution in [0.4, 0.5) is 8.78 Å². The maximum absolute atomic E-state index is 14.0. The molecule has 0 amide bonds. The van der Waals surface area contributed by atoms with Crippen molar-refractivity contribution in [3.63, 3.8) is 0 Å². The van der Waals surface area contributed by atoms with Gasteiger partial charge >= 0.3 is 0 Å². The Labute approximate surface area is 140 Å². The van der Waals surface area contributed by atoms with Crippen molar-refractivity contribution in [2.24, 2.45) is 11.8 Å². The van der Waals surface area contributed by atoms with Gasteiger partial charge in [-0.3, -0.25) is 4.90 Å². The van der Waals surface area contributed by atoms with Crippen molar-refractivity contribution >= 4 is 5.71 Å². The zero-order valence-electron chi connectivity index (χ0n) is 13.6. The van der Waals surface area contributed by atoms with Crippen molar-refractivity contribution < 1.29 is 13.5 Å². The van der Waals surface area contributed by atoms with Crippen LogP contribution in [0.3, 0.4) is 0 Å². The van der Waals surface area contributed by atoms with Crippen LogP contribution >= 0.6 is 0 Å². The van der Waals surface area contributed by atoms with Gasteiger partial charge in [-0.25, -0.2) is 8.78 Å². The maximum Gasteiger partial charge on any atom is 0.129 e. The molecule has 24 heavy (non-hydrogen) atoms. The summed E-state index contributed by atoms with van der Waals surface area (Å²) in [6.07, 6.45) is 0.983. The minimum absolute atomic E-state index is 0.136. The third-order valence-corrected chi connectivity index (χ3v) is 5.72. The topological polar surface area (TPSA) is 48.4 Å². The minimum atomic E-state index is -0.761. The van der Waals surface area contributed by atoms with Crippen molar-refractivity contribution in [2.75, 3.05) is 32.8 Å². The van der Waals surface area contributed by atoms with E-state index in [1.165, 1.54) is 6.42 Å². The molecule has 4 atom stereocenters. The van der Waals surface area contributed by atoms with Crippen LogP contribution in [-0.2, 0) is 4.74 Å². The molecule has 6 heteroatoms.